The van der Waals surface area contributed by atoms with E-state index < -0.39 is 0 Å². The van der Waals surface area contributed by atoms with Crippen molar-refractivity contribution in [3.63, 3.8) is 0 Å². The van der Waals surface area contributed by atoms with E-state index in [1.165, 1.54) is 0 Å². The van der Waals surface area contributed by atoms with E-state index >= 15 is 0 Å². The summed E-state index contributed by atoms with van der Waals surface area (Å²) in [5, 5.41) is -0.470. The van der Waals surface area contributed by atoms with Gasteiger partial charge in [-0.15, -0.1) is 0 Å². The van der Waals surface area contributed by atoms with E-state index in [1.807, 2.05) is 0 Å². The Kier molecular flexibility index (Phi) is 3.28. The van der Waals surface area contributed by atoms with Crippen molar-refractivity contribution in [2.45, 2.75) is 0 Å². The predicted octanol–water partition coefficient (Wildman–Crippen LogP) is 0.704. The molecule has 0 aliphatic carbocycles. The minimum atomic E-state index is -0.235. The molecule has 0 radical (unpaired) electrons. The van der Waals surface area contributed by atoms with Crippen molar-refractivity contribution >= 4 is 35.7 Å². The molecule has 1 aliphatic rings. The van der Waals surface area contributed by atoms with Crippen LogP contribution in [0.15, 0.2) is 0 Å². The largest absolute Gasteiger partial charge is 0.330 e. The van der Waals surface area contributed by atoms with Gasteiger partial charge < -0.3 is 9.80 Å². The van der Waals surface area contributed by atoms with Gasteiger partial charge in [0.25, 0.3) is 10.5 Å². The van der Waals surface area contributed by atoms with Gasteiger partial charge >= 0.3 is 0 Å². The highest BCUT2D eigenvalue weighted by molar-refractivity contribution is 7.96. The normalized spacial score (nSPS) is 17.8. The van der Waals surface area contributed by atoms with E-state index in [9.17, 15) is 9.59 Å². The summed E-state index contributed by atoms with van der Waals surface area (Å²) < 4.78 is 0. The third-order valence-electron chi connectivity index (χ3n) is 1.82. The lowest BCUT2D eigenvalue weighted by atomic mass is 10.3. The second kappa shape index (κ2) is 4.04. The molecule has 0 spiro atoms. The Labute approximate surface area is 81.7 Å². The van der Waals surface area contributed by atoms with Gasteiger partial charge in [0.05, 0.1) is 0 Å². The zero-order valence-corrected chi connectivity index (χ0v) is 8.22. The summed E-state index contributed by atoms with van der Waals surface area (Å²) in [5.41, 5.74) is 0. The van der Waals surface area contributed by atoms with Crippen LogP contribution in [0.4, 0.5) is 9.59 Å². The number of amides is 2. The van der Waals surface area contributed by atoms with Gasteiger partial charge in [0.2, 0.25) is 0 Å². The SMILES string of the molecule is O=C(S)N1CCN(C(=O)S)CC1. The van der Waals surface area contributed by atoms with Gasteiger partial charge in [-0.3, -0.25) is 9.59 Å². The first kappa shape index (κ1) is 9.73. The van der Waals surface area contributed by atoms with Crippen molar-refractivity contribution in [1.82, 2.24) is 9.80 Å². The Hall–Kier alpha value is -0.360. The fourth-order valence-electron chi connectivity index (χ4n) is 1.09. The number of nitrogens with zero attached hydrogens (tertiary/aromatic N) is 2. The van der Waals surface area contributed by atoms with Crippen LogP contribution in [0.5, 0.6) is 0 Å². The zero-order chi connectivity index (χ0) is 9.14. The fraction of sp³-hybridized carbons (Fsp3) is 0.667. The molecule has 1 rings (SSSR count). The maximum atomic E-state index is 10.7. The summed E-state index contributed by atoms with van der Waals surface area (Å²) in [6.45, 7) is 2.20. The average molecular weight is 206 g/mol. The highest BCUT2D eigenvalue weighted by Gasteiger charge is 2.20. The molecule has 2 amide bonds. The van der Waals surface area contributed by atoms with E-state index in [0.29, 0.717) is 26.2 Å². The molecular weight excluding hydrogens is 196 g/mol. The molecule has 0 aromatic heterocycles. The van der Waals surface area contributed by atoms with Gasteiger partial charge in [0, 0.05) is 26.2 Å². The monoisotopic (exact) mass is 206 g/mol. The molecular formula is C6H10N2O2S2. The molecule has 0 bridgehead atoms. The summed E-state index contributed by atoms with van der Waals surface area (Å²) in [7, 11) is 0. The number of thiol groups is 2. The van der Waals surface area contributed by atoms with Crippen LogP contribution < -0.4 is 0 Å². The Morgan fingerprint density at radius 1 is 0.833 bits per heavy atom. The number of piperazine rings is 1. The van der Waals surface area contributed by atoms with Crippen molar-refractivity contribution in [1.29, 1.82) is 0 Å². The summed E-state index contributed by atoms with van der Waals surface area (Å²) >= 11 is 7.37. The lowest BCUT2D eigenvalue weighted by Gasteiger charge is -2.32. The van der Waals surface area contributed by atoms with Gasteiger partial charge in [-0.2, -0.15) is 0 Å². The van der Waals surface area contributed by atoms with Gasteiger partial charge in [-0.25, -0.2) is 0 Å². The summed E-state index contributed by atoms with van der Waals surface area (Å²) in [4.78, 5) is 24.7. The number of carbonyl (C=O) groups excluding carboxylic acids is 2. The van der Waals surface area contributed by atoms with Crippen LogP contribution in [0.25, 0.3) is 0 Å². The van der Waals surface area contributed by atoms with Crippen molar-refractivity contribution in [3.8, 4) is 0 Å². The maximum absolute atomic E-state index is 10.7. The van der Waals surface area contributed by atoms with E-state index in [4.69, 9.17) is 0 Å². The number of carbonyl (C=O) groups is 2. The molecule has 68 valence electrons. The molecule has 0 aromatic rings. The minimum absolute atomic E-state index is 0.235. The summed E-state index contributed by atoms with van der Waals surface area (Å²) in [5.74, 6) is 0. The first-order chi connectivity index (χ1) is 5.61. The molecule has 0 N–H and O–H groups in total. The molecule has 1 fully saturated rings. The van der Waals surface area contributed by atoms with Gasteiger partial charge in [-0.1, -0.05) is 25.3 Å². The third-order valence-corrected chi connectivity index (χ3v) is 2.39. The first-order valence-corrected chi connectivity index (χ1v) is 4.46. The average Bonchev–Trinajstić information content (AvgIpc) is 2.04. The van der Waals surface area contributed by atoms with Crippen LogP contribution in [0.2, 0.25) is 0 Å². The lowest BCUT2D eigenvalue weighted by Crippen LogP contribution is -2.47. The molecule has 0 saturated carbocycles. The molecule has 1 saturated heterocycles. The number of hydrogen-bond acceptors (Lipinski definition) is 2. The Morgan fingerprint density at radius 3 is 1.25 bits per heavy atom. The first-order valence-electron chi connectivity index (χ1n) is 3.57. The highest BCUT2D eigenvalue weighted by Crippen LogP contribution is 2.06. The van der Waals surface area contributed by atoms with Gasteiger partial charge in [0.15, 0.2) is 0 Å². The third kappa shape index (κ3) is 2.31. The quantitative estimate of drug-likeness (QED) is 0.573. The predicted molar refractivity (Wildman–Crippen MR) is 51.9 cm³/mol. The minimum Gasteiger partial charge on any atom is -0.330 e. The van der Waals surface area contributed by atoms with E-state index in [2.05, 4.69) is 25.3 Å². The number of hydrogen-bond donors (Lipinski definition) is 2. The second-order valence-corrected chi connectivity index (χ2v) is 3.30. The Balaban J connectivity index is 2.39. The fourth-order valence-corrected chi connectivity index (χ4v) is 1.49. The highest BCUT2D eigenvalue weighted by atomic mass is 32.1. The molecule has 1 aliphatic heterocycles. The standard InChI is InChI=1S/C6H10N2O2S2/c9-5(11)7-1-2-8(4-3-7)6(10)12/h1-4H2,(H,9,11)(H,10,12). The topological polar surface area (TPSA) is 40.6 Å². The van der Waals surface area contributed by atoms with Crippen LogP contribution >= 0.6 is 25.3 Å². The van der Waals surface area contributed by atoms with Gasteiger partial charge in [0.1, 0.15) is 0 Å². The van der Waals surface area contributed by atoms with Gasteiger partial charge in [-0.05, 0) is 0 Å². The molecule has 6 heteroatoms. The molecule has 0 aromatic carbocycles. The van der Waals surface area contributed by atoms with Crippen molar-refractivity contribution in [2.24, 2.45) is 0 Å². The maximum Gasteiger partial charge on any atom is 0.278 e. The van der Waals surface area contributed by atoms with Crippen LogP contribution in [-0.2, 0) is 0 Å². The molecule has 1 heterocycles. The molecule has 4 nitrogen and oxygen atoms in total. The summed E-state index contributed by atoms with van der Waals surface area (Å²) in [6, 6.07) is 0. The van der Waals surface area contributed by atoms with Crippen LogP contribution in [0, 0.1) is 0 Å². The Morgan fingerprint density at radius 2 is 1.08 bits per heavy atom. The smallest absolute Gasteiger partial charge is 0.278 e. The Bertz CT molecular complexity index is 180. The molecule has 0 atom stereocenters. The van der Waals surface area contributed by atoms with Crippen molar-refractivity contribution < 1.29 is 9.59 Å². The van der Waals surface area contributed by atoms with Crippen LogP contribution in [0.1, 0.15) is 0 Å². The van der Waals surface area contributed by atoms with Crippen molar-refractivity contribution in [2.75, 3.05) is 26.2 Å². The van der Waals surface area contributed by atoms with Crippen molar-refractivity contribution in [3.05, 3.63) is 0 Å². The second-order valence-electron chi connectivity index (χ2n) is 2.54. The van der Waals surface area contributed by atoms with E-state index in [0.717, 1.165) is 0 Å². The zero-order valence-electron chi connectivity index (χ0n) is 6.43. The van der Waals surface area contributed by atoms with E-state index in [-0.39, 0.29) is 10.5 Å². The number of rotatable bonds is 0. The molecule has 0 unspecified atom stereocenters. The summed E-state index contributed by atoms with van der Waals surface area (Å²) in [6.07, 6.45) is 0. The van der Waals surface area contributed by atoms with Crippen LogP contribution in [0.3, 0.4) is 0 Å². The van der Waals surface area contributed by atoms with E-state index in [1.54, 1.807) is 9.80 Å². The molecule has 12 heavy (non-hydrogen) atoms. The van der Waals surface area contributed by atoms with Crippen LogP contribution in [-0.4, -0.2) is 46.5 Å². The lowest BCUT2D eigenvalue weighted by molar-refractivity contribution is 0.168.